The van der Waals surface area contributed by atoms with E-state index in [1.807, 2.05) is 0 Å². The molecule has 0 aliphatic carbocycles. The Hall–Kier alpha value is -1.06. The lowest BCUT2D eigenvalue weighted by molar-refractivity contribution is -0.150. The smallest absolute Gasteiger partial charge is 0.309 e. The summed E-state index contributed by atoms with van der Waals surface area (Å²) in [5.41, 5.74) is -0.659. The zero-order valence-corrected chi connectivity index (χ0v) is 22.5. The van der Waals surface area contributed by atoms with E-state index >= 15 is 0 Å². The van der Waals surface area contributed by atoms with Crippen molar-refractivity contribution >= 4 is 11.9 Å². The third kappa shape index (κ3) is 19.0. The number of carbonyl (C=O) groups is 2. The molecule has 2 N–H and O–H groups in total. The van der Waals surface area contributed by atoms with E-state index in [2.05, 4.69) is 27.7 Å². The Morgan fingerprint density at radius 3 is 1.21 bits per heavy atom. The number of hydrogen-bond donors (Lipinski definition) is 2. The van der Waals surface area contributed by atoms with Crippen molar-refractivity contribution in [1.82, 2.24) is 0 Å². The molecule has 0 saturated heterocycles. The van der Waals surface area contributed by atoms with Crippen LogP contribution in [0, 0.1) is 17.3 Å². The van der Waals surface area contributed by atoms with Crippen LogP contribution in [0.25, 0.3) is 0 Å². The minimum absolute atomic E-state index is 0.141. The van der Waals surface area contributed by atoms with E-state index in [9.17, 15) is 14.7 Å². The summed E-state index contributed by atoms with van der Waals surface area (Å²) in [6.07, 6.45) is 20.4. The average Bonchev–Trinajstić information content (AvgIpc) is 2.73. The van der Waals surface area contributed by atoms with E-state index < -0.39 is 17.4 Å². The van der Waals surface area contributed by atoms with Gasteiger partial charge in [-0.05, 0) is 37.5 Å². The van der Waals surface area contributed by atoms with Gasteiger partial charge in [0.1, 0.15) is 0 Å². The highest BCUT2D eigenvalue weighted by atomic mass is 16.4. The maximum atomic E-state index is 12.4. The van der Waals surface area contributed by atoms with E-state index in [0.717, 1.165) is 50.4 Å². The van der Waals surface area contributed by atoms with Gasteiger partial charge in [-0.25, -0.2) is 0 Å². The maximum Gasteiger partial charge on any atom is 0.309 e. The summed E-state index contributed by atoms with van der Waals surface area (Å²) in [6.45, 7) is 9.09. The third-order valence-corrected chi connectivity index (χ3v) is 7.12. The van der Waals surface area contributed by atoms with Crippen molar-refractivity contribution in [3.63, 3.8) is 0 Å². The number of carboxylic acid groups (broad SMARTS) is 2. The van der Waals surface area contributed by atoms with Crippen LogP contribution in [0.1, 0.15) is 156 Å². The van der Waals surface area contributed by atoms with Crippen LogP contribution in [0.15, 0.2) is 0 Å². The topological polar surface area (TPSA) is 74.6 Å². The second-order valence-corrected chi connectivity index (χ2v) is 11.3. The highest BCUT2D eigenvalue weighted by molar-refractivity contribution is 5.74. The quantitative estimate of drug-likeness (QED) is 0.138. The molecular weight excluding hydrogens is 412 g/mol. The fraction of sp³-hybridized carbons (Fsp3) is 0.931. The standard InChI is InChI=1S/C29H56O4/c1-25(2)19-13-9-5-7-11-16-22-29(28(32)33,24-18-15-21-27(30)31)23-17-12-8-6-10-14-20-26(3)4/h25-26H,5-24H2,1-4H3,(H,30,31)(H,32,33). The summed E-state index contributed by atoms with van der Waals surface area (Å²) >= 11 is 0. The summed E-state index contributed by atoms with van der Waals surface area (Å²) < 4.78 is 0. The van der Waals surface area contributed by atoms with Crippen molar-refractivity contribution in [1.29, 1.82) is 0 Å². The second kappa shape index (κ2) is 20.3. The van der Waals surface area contributed by atoms with Gasteiger partial charge in [-0.15, -0.1) is 0 Å². The lowest BCUT2D eigenvalue weighted by Crippen LogP contribution is -2.31. The first-order valence-electron chi connectivity index (χ1n) is 14.1. The van der Waals surface area contributed by atoms with Crippen LogP contribution >= 0.6 is 0 Å². The fourth-order valence-corrected chi connectivity index (χ4v) is 4.88. The number of unbranched alkanes of at least 4 members (excludes halogenated alkanes) is 11. The van der Waals surface area contributed by atoms with Crippen LogP contribution in [-0.4, -0.2) is 22.2 Å². The fourth-order valence-electron chi connectivity index (χ4n) is 4.88. The van der Waals surface area contributed by atoms with Crippen LogP contribution in [0.5, 0.6) is 0 Å². The van der Waals surface area contributed by atoms with Gasteiger partial charge in [0, 0.05) is 6.42 Å². The maximum absolute atomic E-state index is 12.4. The molecule has 0 rings (SSSR count). The molecule has 0 aromatic carbocycles. The summed E-state index contributed by atoms with van der Waals surface area (Å²) in [5.74, 6) is 0.113. The molecule has 4 nitrogen and oxygen atoms in total. The van der Waals surface area contributed by atoms with Crippen molar-refractivity contribution < 1.29 is 19.8 Å². The number of rotatable bonds is 24. The van der Waals surface area contributed by atoms with E-state index in [4.69, 9.17) is 5.11 Å². The first-order valence-corrected chi connectivity index (χ1v) is 14.1. The van der Waals surface area contributed by atoms with Gasteiger partial charge in [0.25, 0.3) is 0 Å². The summed E-state index contributed by atoms with van der Waals surface area (Å²) in [5, 5.41) is 19.1. The lowest BCUT2D eigenvalue weighted by Gasteiger charge is -2.30. The van der Waals surface area contributed by atoms with Crippen molar-refractivity contribution in [3.8, 4) is 0 Å². The average molecular weight is 469 g/mol. The van der Waals surface area contributed by atoms with Gasteiger partial charge >= 0.3 is 11.9 Å². The Morgan fingerprint density at radius 2 is 0.879 bits per heavy atom. The molecule has 33 heavy (non-hydrogen) atoms. The highest BCUT2D eigenvalue weighted by Crippen LogP contribution is 2.38. The van der Waals surface area contributed by atoms with Gasteiger partial charge in [0.05, 0.1) is 5.41 Å². The van der Waals surface area contributed by atoms with Gasteiger partial charge in [-0.2, -0.15) is 0 Å². The van der Waals surface area contributed by atoms with Gasteiger partial charge in [0.2, 0.25) is 0 Å². The van der Waals surface area contributed by atoms with Gasteiger partial charge in [-0.3, -0.25) is 9.59 Å². The lowest BCUT2D eigenvalue weighted by atomic mass is 9.74. The zero-order valence-electron chi connectivity index (χ0n) is 22.5. The molecule has 0 atom stereocenters. The molecule has 0 spiro atoms. The van der Waals surface area contributed by atoms with Crippen LogP contribution in [0.3, 0.4) is 0 Å². The molecule has 0 aliphatic rings. The largest absolute Gasteiger partial charge is 0.481 e. The molecule has 4 heteroatoms. The third-order valence-electron chi connectivity index (χ3n) is 7.12. The highest BCUT2D eigenvalue weighted by Gasteiger charge is 2.36. The van der Waals surface area contributed by atoms with Crippen molar-refractivity contribution in [2.24, 2.45) is 17.3 Å². The summed E-state index contributed by atoms with van der Waals surface area (Å²) in [6, 6.07) is 0. The van der Waals surface area contributed by atoms with Gasteiger partial charge in [0.15, 0.2) is 0 Å². The molecule has 0 saturated carbocycles. The zero-order chi connectivity index (χ0) is 25.0. The molecule has 0 heterocycles. The Morgan fingerprint density at radius 1 is 0.545 bits per heavy atom. The molecule has 0 unspecified atom stereocenters. The first kappa shape index (κ1) is 31.9. The Balaban J connectivity index is 4.45. The Labute approximate surface area is 205 Å². The van der Waals surface area contributed by atoms with E-state index in [1.54, 1.807) is 0 Å². The van der Waals surface area contributed by atoms with Gasteiger partial charge in [-0.1, -0.05) is 124 Å². The monoisotopic (exact) mass is 468 g/mol. The van der Waals surface area contributed by atoms with Gasteiger partial charge < -0.3 is 10.2 Å². The number of aliphatic carboxylic acids is 2. The predicted molar refractivity (Wildman–Crippen MR) is 140 cm³/mol. The normalized spacial score (nSPS) is 12.1. The molecule has 0 bridgehead atoms. The molecular formula is C29H56O4. The molecule has 0 fully saturated rings. The summed E-state index contributed by atoms with van der Waals surface area (Å²) in [4.78, 5) is 23.2. The minimum atomic E-state index is -0.786. The van der Waals surface area contributed by atoms with Crippen molar-refractivity contribution in [2.75, 3.05) is 0 Å². The predicted octanol–water partition coefficient (Wildman–Crippen LogP) is 9.26. The molecule has 0 aromatic rings. The van der Waals surface area contributed by atoms with Crippen LogP contribution < -0.4 is 0 Å². The first-order chi connectivity index (χ1) is 15.7. The Kier molecular flexibility index (Phi) is 19.7. The SMILES string of the molecule is CC(C)CCCCCCCCC(CCCCCCCCC(C)C)(CCCCC(=O)O)C(=O)O. The minimum Gasteiger partial charge on any atom is -0.481 e. The van der Waals surface area contributed by atoms with E-state index in [-0.39, 0.29) is 6.42 Å². The molecule has 0 amide bonds. The second-order valence-electron chi connectivity index (χ2n) is 11.3. The number of carboxylic acids is 2. The summed E-state index contributed by atoms with van der Waals surface area (Å²) in [7, 11) is 0. The molecule has 0 radical (unpaired) electrons. The van der Waals surface area contributed by atoms with E-state index in [1.165, 1.54) is 64.2 Å². The van der Waals surface area contributed by atoms with Crippen molar-refractivity contribution in [3.05, 3.63) is 0 Å². The molecule has 0 aromatic heterocycles. The number of hydrogen-bond acceptors (Lipinski definition) is 2. The molecule has 196 valence electrons. The Bertz CT molecular complexity index is 460. The van der Waals surface area contributed by atoms with Crippen molar-refractivity contribution in [2.45, 2.75) is 156 Å². The van der Waals surface area contributed by atoms with Crippen LogP contribution in [0.4, 0.5) is 0 Å². The molecule has 0 aliphatic heterocycles. The van der Waals surface area contributed by atoms with E-state index in [0.29, 0.717) is 19.3 Å². The van der Waals surface area contributed by atoms with Crippen LogP contribution in [-0.2, 0) is 9.59 Å². The van der Waals surface area contributed by atoms with Crippen LogP contribution in [0.2, 0.25) is 0 Å².